The topological polar surface area (TPSA) is 88.0 Å². The molecule has 1 amide bonds. The van der Waals surface area contributed by atoms with Crippen LogP contribution in [0.25, 0.3) is 21.7 Å². The Labute approximate surface area is 139 Å². The van der Waals surface area contributed by atoms with E-state index < -0.39 is 5.76 Å². The second-order valence-electron chi connectivity index (χ2n) is 5.08. The first kappa shape index (κ1) is 14.4. The normalized spacial score (nSPS) is 10.8. The van der Waals surface area contributed by atoms with Crippen LogP contribution in [0.2, 0.25) is 0 Å². The number of nitrogens with one attached hydrogen (secondary N) is 2. The monoisotopic (exact) mass is 337 g/mol. The van der Waals surface area contributed by atoms with Crippen LogP contribution < -0.4 is 11.1 Å². The largest absolute Gasteiger partial charge is 0.417 e. The maximum Gasteiger partial charge on any atom is 0.417 e. The van der Waals surface area contributed by atoms with Crippen molar-refractivity contribution < 1.29 is 9.21 Å². The van der Waals surface area contributed by atoms with Gasteiger partial charge < -0.3 is 9.73 Å². The summed E-state index contributed by atoms with van der Waals surface area (Å²) in [5.41, 5.74) is 2.84. The van der Waals surface area contributed by atoms with Crippen molar-refractivity contribution in [3.63, 3.8) is 0 Å². The molecule has 0 bridgehead atoms. The minimum atomic E-state index is -0.527. The summed E-state index contributed by atoms with van der Waals surface area (Å²) < 4.78 is 4.93. The lowest BCUT2D eigenvalue weighted by atomic mass is 10.2. The number of aromatic nitrogens is 2. The minimum absolute atomic E-state index is 0.307. The van der Waals surface area contributed by atoms with Crippen LogP contribution in [0.1, 0.15) is 10.5 Å². The number of rotatable bonds is 3. The molecule has 0 aliphatic carbocycles. The Morgan fingerprint density at radius 2 is 2.00 bits per heavy atom. The number of hydrogen-bond acceptors (Lipinski definition) is 5. The Kier molecular flexibility index (Phi) is 3.47. The zero-order valence-corrected chi connectivity index (χ0v) is 13.1. The third-order valence-corrected chi connectivity index (χ3v) is 4.33. The predicted molar refractivity (Wildman–Crippen MR) is 92.3 cm³/mol. The molecule has 4 rings (SSSR count). The summed E-state index contributed by atoms with van der Waals surface area (Å²) in [6, 6.07) is 14.6. The third-order valence-electron chi connectivity index (χ3n) is 3.43. The molecule has 7 heteroatoms. The number of oxazole rings is 1. The molecular weight excluding hydrogens is 326 g/mol. The molecule has 6 nitrogen and oxygen atoms in total. The van der Waals surface area contributed by atoms with Gasteiger partial charge in [0.05, 0.1) is 5.52 Å². The Morgan fingerprint density at radius 1 is 1.17 bits per heavy atom. The number of aromatic amines is 1. The van der Waals surface area contributed by atoms with Crippen molar-refractivity contribution in [2.75, 3.05) is 5.32 Å². The fourth-order valence-electron chi connectivity index (χ4n) is 2.32. The average molecular weight is 337 g/mol. The molecule has 2 N–H and O–H groups in total. The molecule has 0 saturated heterocycles. The lowest BCUT2D eigenvalue weighted by Gasteiger charge is -2.02. The number of amides is 1. The molecule has 0 atom stereocenters. The second kappa shape index (κ2) is 5.78. The van der Waals surface area contributed by atoms with E-state index in [0.29, 0.717) is 22.5 Å². The summed E-state index contributed by atoms with van der Waals surface area (Å²) in [7, 11) is 0. The molecule has 0 radical (unpaired) electrons. The van der Waals surface area contributed by atoms with E-state index in [1.165, 1.54) is 11.3 Å². The van der Waals surface area contributed by atoms with E-state index in [0.717, 1.165) is 10.6 Å². The van der Waals surface area contributed by atoms with E-state index in [2.05, 4.69) is 15.3 Å². The smallest absolute Gasteiger partial charge is 0.408 e. The van der Waals surface area contributed by atoms with Gasteiger partial charge >= 0.3 is 5.76 Å². The summed E-state index contributed by atoms with van der Waals surface area (Å²) >= 11 is 1.41. The van der Waals surface area contributed by atoms with Crippen LogP contribution in [0.15, 0.2) is 63.1 Å². The number of hydrogen-bond donors (Lipinski definition) is 2. The highest BCUT2D eigenvalue weighted by Crippen LogP contribution is 2.24. The molecule has 24 heavy (non-hydrogen) atoms. The lowest BCUT2D eigenvalue weighted by Crippen LogP contribution is -2.12. The quantitative estimate of drug-likeness (QED) is 0.599. The standard InChI is InChI=1S/C17H11N3O3S/c21-15(13-9-24-16(19-13)10-4-2-1-3-5-10)18-11-6-7-14-12(8-11)20-17(22)23-14/h1-9H,(H,18,21)(H,20,22). The fraction of sp³-hybridized carbons (Fsp3) is 0. The Bertz CT molecular complexity index is 1080. The molecule has 2 aromatic carbocycles. The van der Waals surface area contributed by atoms with Gasteiger partial charge in [0, 0.05) is 16.6 Å². The number of fused-ring (bicyclic) bond motifs is 1. The SMILES string of the molecule is O=C(Nc1ccc2oc(=O)[nH]c2c1)c1csc(-c2ccccc2)n1. The van der Waals surface area contributed by atoms with Crippen molar-refractivity contribution in [3.05, 3.63) is 70.2 Å². The number of thiazole rings is 1. The molecule has 0 aliphatic heterocycles. The van der Waals surface area contributed by atoms with E-state index in [1.807, 2.05) is 30.3 Å². The predicted octanol–water partition coefficient (Wildman–Crippen LogP) is 3.50. The van der Waals surface area contributed by atoms with Gasteiger partial charge in [-0.25, -0.2) is 9.78 Å². The summed E-state index contributed by atoms with van der Waals surface area (Å²) in [5, 5.41) is 5.27. The van der Waals surface area contributed by atoms with Crippen LogP contribution in [0.3, 0.4) is 0 Å². The first-order valence-corrected chi connectivity index (χ1v) is 8.02. The van der Waals surface area contributed by atoms with Gasteiger partial charge in [0.25, 0.3) is 5.91 Å². The fourth-order valence-corrected chi connectivity index (χ4v) is 3.12. The summed E-state index contributed by atoms with van der Waals surface area (Å²) in [6.45, 7) is 0. The maximum absolute atomic E-state index is 12.3. The van der Waals surface area contributed by atoms with Gasteiger partial charge in [0.2, 0.25) is 0 Å². The van der Waals surface area contributed by atoms with Crippen LogP contribution in [0.4, 0.5) is 5.69 Å². The van der Waals surface area contributed by atoms with Crippen LogP contribution in [0.5, 0.6) is 0 Å². The van der Waals surface area contributed by atoms with Crippen LogP contribution in [-0.4, -0.2) is 15.9 Å². The number of benzene rings is 2. The van der Waals surface area contributed by atoms with Crippen molar-refractivity contribution in [1.29, 1.82) is 0 Å². The molecule has 4 aromatic rings. The molecule has 118 valence electrons. The highest BCUT2D eigenvalue weighted by atomic mass is 32.1. The van der Waals surface area contributed by atoms with E-state index in [4.69, 9.17) is 4.42 Å². The molecule has 2 heterocycles. The second-order valence-corrected chi connectivity index (χ2v) is 5.94. The molecule has 2 aromatic heterocycles. The molecule has 0 aliphatic rings. The van der Waals surface area contributed by atoms with Gasteiger partial charge in [-0.15, -0.1) is 11.3 Å². The molecule has 0 saturated carbocycles. The molecule has 0 fully saturated rings. The Balaban J connectivity index is 1.57. The van der Waals surface area contributed by atoms with Gasteiger partial charge in [-0.2, -0.15) is 0 Å². The van der Waals surface area contributed by atoms with Crippen molar-refractivity contribution in [2.24, 2.45) is 0 Å². The summed E-state index contributed by atoms with van der Waals surface area (Å²) in [4.78, 5) is 30.4. The lowest BCUT2D eigenvalue weighted by molar-refractivity contribution is 0.102. The van der Waals surface area contributed by atoms with E-state index in [-0.39, 0.29) is 5.91 Å². The van der Waals surface area contributed by atoms with Crippen LogP contribution in [-0.2, 0) is 0 Å². The Morgan fingerprint density at radius 3 is 2.83 bits per heavy atom. The number of anilines is 1. The number of H-pyrrole nitrogens is 1. The summed E-state index contributed by atoms with van der Waals surface area (Å²) in [6.07, 6.45) is 0. The third kappa shape index (κ3) is 2.72. The molecule has 0 spiro atoms. The number of carbonyl (C=O) groups excluding carboxylic acids is 1. The van der Waals surface area contributed by atoms with Gasteiger partial charge in [0.15, 0.2) is 5.58 Å². The summed E-state index contributed by atoms with van der Waals surface area (Å²) in [5.74, 6) is -0.834. The zero-order chi connectivity index (χ0) is 16.5. The van der Waals surface area contributed by atoms with Crippen molar-refractivity contribution in [1.82, 2.24) is 9.97 Å². The van der Waals surface area contributed by atoms with Gasteiger partial charge in [0.1, 0.15) is 10.7 Å². The van der Waals surface area contributed by atoms with Crippen molar-refractivity contribution in [3.8, 4) is 10.6 Å². The van der Waals surface area contributed by atoms with Crippen molar-refractivity contribution >= 4 is 34.0 Å². The van der Waals surface area contributed by atoms with Gasteiger partial charge in [-0.05, 0) is 18.2 Å². The maximum atomic E-state index is 12.3. The van der Waals surface area contributed by atoms with Gasteiger partial charge in [-0.3, -0.25) is 9.78 Å². The van der Waals surface area contributed by atoms with Crippen molar-refractivity contribution in [2.45, 2.75) is 0 Å². The molecule has 0 unspecified atom stereocenters. The molecular formula is C17H11N3O3S. The van der Waals surface area contributed by atoms with Gasteiger partial charge in [-0.1, -0.05) is 30.3 Å². The highest BCUT2D eigenvalue weighted by Gasteiger charge is 2.12. The first-order valence-electron chi connectivity index (χ1n) is 7.14. The Hall–Kier alpha value is -3.19. The van der Waals surface area contributed by atoms with Crippen LogP contribution in [0, 0.1) is 0 Å². The average Bonchev–Trinajstić information content (AvgIpc) is 3.21. The number of nitrogens with zero attached hydrogens (tertiary/aromatic N) is 1. The highest BCUT2D eigenvalue weighted by molar-refractivity contribution is 7.13. The van der Waals surface area contributed by atoms with E-state index >= 15 is 0 Å². The number of carbonyl (C=O) groups is 1. The zero-order valence-electron chi connectivity index (χ0n) is 12.3. The van der Waals surface area contributed by atoms with E-state index in [9.17, 15) is 9.59 Å². The van der Waals surface area contributed by atoms with Crippen LogP contribution >= 0.6 is 11.3 Å². The first-order chi connectivity index (χ1) is 11.7. The minimum Gasteiger partial charge on any atom is -0.408 e. The van der Waals surface area contributed by atoms with E-state index in [1.54, 1.807) is 23.6 Å².